The Morgan fingerprint density at radius 3 is 2.65 bits per heavy atom. The maximum absolute atomic E-state index is 6.05. The van der Waals surface area contributed by atoms with Crippen LogP contribution in [-0.2, 0) is 20.2 Å². The first kappa shape index (κ1) is 18.7. The van der Waals surface area contributed by atoms with Gasteiger partial charge >= 0.3 is 6.01 Å². The summed E-state index contributed by atoms with van der Waals surface area (Å²) >= 11 is 0. The van der Waals surface area contributed by atoms with Gasteiger partial charge in [-0.3, -0.25) is 4.98 Å². The Kier molecular flexibility index (Phi) is 4.93. The zero-order valence-corrected chi connectivity index (χ0v) is 16.8. The number of nitrogens with zero attached hydrogens (tertiary/aromatic N) is 8. The number of anilines is 1. The van der Waals surface area contributed by atoms with Crippen LogP contribution in [0.4, 0.5) is 5.82 Å². The highest BCUT2D eigenvalue weighted by molar-refractivity contribution is 5.78. The van der Waals surface area contributed by atoms with Crippen molar-refractivity contribution in [2.24, 2.45) is 7.05 Å². The highest BCUT2D eigenvalue weighted by atomic mass is 16.5. The quantitative estimate of drug-likeness (QED) is 0.434. The second-order valence-electron chi connectivity index (χ2n) is 6.80. The van der Waals surface area contributed by atoms with E-state index in [2.05, 4.69) is 35.8 Å². The van der Waals surface area contributed by atoms with Crippen LogP contribution in [-0.4, -0.2) is 39.7 Å². The second-order valence-corrected chi connectivity index (χ2v) is 6.80. The SMILES string of the molecule is Cn1nnnc1-n1c(OCc2cccc(NCc3ccccn3)n2)nc2ccccc21. The Morgan fingerprint density at radius 2 is 1.81 bits per heavy atom. The van der Waals surface area contributed by atoms with Gasteiger partial charge in [0.2, 0.25) is 0 Å². The molecule has 5 rings (SSSR count). The van der Waals surface area contributed by atoms with E-state index in [1.807, 2.05) is 60.7 Å². The van der Waals surface area contributed by atoms with E-state index in [1.165, 1.54) is 0 Å². The van der Waals surface area contributed by atoms with Gasteiger partial charge in [-0.05, 0) is 46.8 Å². The van der Waals surface area contributed by atoms with Crippen molar-refractivity contribution in [3.63, 3.8) is 0 Å². The fourth-order valence-corrected chi connectivity index (χ4v) is 3.19. The van der Waals surface area contributed by atoms with Crippen molar-refractivity contribution < 1.29 is 4.74 Å². The first-order valence-corrected chi connectivity index (χ1v) is 9.70. The summed E-state index contributed by atoms with van der Waals surface area (Å²) in [5.41, 5.74) is 3.35. The van der Waals surface area contributed by atoms with E-state index in [9.17, 15) is 0 Å². The molecule has 10 heteroatoms. The first-order chi connectivity index (χ1) is 15.3. The molecule has 5 aromatic rings. The number of hydrogen-bond donors (Lipinski definition) is 1. The van der Waals surface area contributed by atoms with Crippen molar-refractivity contribution in [2.75, 3.05) is 5.32 Å². The third-order valence-corrected chi connectivity index (χ3v) is 4.66. The maximum atomic E-state index is 6.05. The van der Waals surface area contributed by atoms with Crippen LogP contribution >= 0.6 is 0 Å². The molecule has 31 heavy (non-hydrogen) atoms. The summed E-state index contributed by atoms with van der Waals surface area (Å²) in [6, 6.07) is 19.7. The van der Waals surface area contributed by atoms with E-state index in [0.717, 1.165) is 28.2 Å². The van der Waals surface area contributed by atoms with Crippen LogP contribution in [0, 0.1) is 0 Å². The number of tetrazole rings is 1. The number of imidazole rings is 1. The van der Waals surface area contributed by atoms with E-state index >= 15 is 0 Å². The van der Waals surface area contributed by atoms with Gasteiger partial charge in [-0.15, -0.1) is 0 Å². The minimum Gasteiger partial charge on any atom is -0.458 e. The molecular weight excluding hydrogens is 394 g/mol. The monoisotopic (exact) mass is 413 g/mol. The Morgan fingerprint density at radius 1 is 0.935 bits per heavy atom. The average Bonchev–Trinajstić information content (AvgIpc) is 3.39. The molecule has 1 N–H and O–H groups in total. The van der Waals surface area contributed by atoms with E-state index in [1.54, 1.807) is 22.5 Å². The van der Waals surface area contributed by atoms with Crippen LogP contribution in [0.5, 0.6) is 6.01 Å². The standard InChI is InChI=1S/C21H19N9O/c1-29-20(26-27-28-29)30-18-10-3-2-9-17(18)25-21(30)31-14-16-8-6-11-19(24-16)23-13-15-7-4-5-12-22-15/h2-12H,13-14H2,1H3,(H,23,24). The van der Waals surface area contributed by atoms with Crippen LogP contribution in [0.1, 0.15) is 11.4 Å². The van der Waals surface area contributed by atoms with Gasteiger partial charge in [-0.25, -0.2) is 14.2 Å². The van der Waals surface area contributed by atoms with Gasteiger partial charge in [0.15, 0.2) is 0 Å². The lowest BCUT2D eigenvalue weighted by molar-refractivity contribution is 0.272. The van der Waals surface area contributed by atoms with Crippen LogP contribution in [0.25, 0.3) is 17.0 Å². The predicted molar refractivity (Wildman–Crippen MR) is 114 cm³/mol. The van der Waals surface area contributed by atoms with E-state index in [0.29, 0.717) is 18.5 Å². The van der Waals surface area contributed by atoms with Crippen molar-refractivity contribution in [3.8, 4) is 12.0 Å². The molecule has 0 saturated heterocycles. The van der Waals surface area contributed by atoms with Crippen LogP contribution in [0.3, 0.4) is 0 Å². The Hall–Kier alpha value is -4.34. The molecule has 154 valence electrons. The van der Waals surface area contributed by atoms with Gasteiger partial charge in [0.25, 0.3) is 5.95 Å². The topological polar surface area (TPSA) is 108 Å². The third kappa shape index (κ3) is 3.90. The molecule has 0 fully saturated rings. The highest BCUT2D eigenvalue weighted by Gasteiger charge is 2.18. The third-order valence-electron chi connectivity index (χ3n) is 4.66. The number of fused-ring (bicyclic) bond motifs is 1. The molecule has 0 amide bonds. The smallest absolute Gasteiger partial charge is 0.305 e. The van der Waals surface area contributed by atoms with Crippen molar-refractivity contribution in [1.29, 1.82) is 0 Å². The molecule has 0 unspecified atom stereocenters. The van der Waals surface area contributed by atoms with Crippen molar-refractivity contribution >= 4 is 16.9 Å². The van der Waals surface area contributed by atoms with Gasteiger partial charge in [0.1, 0.15) is 12.4 Å². The van der Waals surface area contributed by atoms with Gasteiger partial charge in [0.05, 0.1) is 29.0 Å². The summed E-state index contributed by atoms with van der Waals surface area (Å²) in [4.78, 5) is 13.5. The zero-order chi connectivity index (χ0) is 21.0. The van der Waals surface area contributed by atoms with Gasteiger partial charge in [0, 0.05) is 13.2 Å². The number of aromatic nitrogens is 8. The number of nitrogens with one attached hydrogen (secondary N) is 1. The van der Waals surface area contributed by atoms with Crippen LogP contribution in [0.2, 0.25) is 0 Å². The zero-order valence-electron chi connectivity index (χ0n) is 16.8. The number of para-hydroxylation sites is 2. The molecular formula is C21H19N9O. The predicted octanol–water partition coefficient (Wildman–Crippen LogP) is 2.53. The second kappa shape index (κ2) is 8.19. The van der Waals surface area contributed by atoms with Crippen LogP contribution in [0.15, 0.2) is 66.9 Å². The Balaban J connectivity index is 1.36. The van der Waals surface area contributed by atoms with Crippen molar-refractivity contribution in [1.82, 2.24) is 39.7 Å². The highest BCUT2D eigenvalue weighted by Crippen LogP contribution is 2.25. The molecule has 4 aromatic heterocycles. The molecule has 0 saturated carbocycles. The van der Waals surface area contributed by atoms with Crippen molar-refractivity contribution in [2.45, 2.75) is 13.2 Å². The number of ether oxygens (including phenoxy) is 1. The summed E-state index contributed by atoms with van der Waals surface area (Å²) in [5, 5.41) is 15.0. The normalized spacial score (nSPS) is 11.0. The lowest BCUT2D eigenvalue weighted by atomic mass is 10.3. The van der Waals surface area contributed by atoms with Gasteiger partial charge in [-0.2, -0.15) is 4.98 Å². The number of pyridine rings is 2. The molecule has 1 aromatic carbocycles. The van der Waals surface area contributed by atoms with E-state index in [-0.39, 0.29) is 6.61 Å². The molecule has 0 atom stereocenters. The summed E-state index contributed by atoms with van der Waals surface area (Å²) in [5.74, 6) is 1.26. The molecule has 0 radical (unpaired) electrons. The van der Waals surface area contributed by atoms with Gasteiger partial charge < -0.3 is 10.1 Å². The Bertz CT molecular complexity index is 1310. The molecule has 10 nitrogen and oxygen atoms in total. The summed E-state index contributed by atoms with van der Waals surface area (Å²) in [7, 11) is 1.77. The summed E-state index contributed by atoms with van der Waals surface area (Å²) < 4.78 is 9.41. The molecule has 0 aliphatic rings. The number of rotatable bonds is 7. The fraction of sp³-hybridized carbons (Fsp3) is 0.143. The molecule has 0 bridgehead atoms. The summed E-state index contributed by atoms with van der Waals surface area (Å²) in [6.07, 6.45) is 1.77. The Labute approximate surface area is 177 Å². The number of benzene rings is 1. The minimum atomic E-state index is 0.244. The largest absolute Gasteiger partial charge is 0.458 e. The first-order valence-electron chi connectivity index (χ1n) is 9.70. The lowest BCUT2D eigenvalue weighted by Gasteiger charge is -2.10. The van der Waals surface area contributed by atoms with Gasteiger partial charge in [-0.1, -0.05) is 29.4 Å². The molecule has 0 spiro atoms. The molecule has 0 aliphatic heterocycles. The van der Waals surface area contributed by atoms with Crippen molar-refractivity contribution in [3.05, 3.63) is 78.2 Å². The fourth-order valence-electron chi connectivity index (χ4n) is 3.19. The minimum absolute atomic E-state index is 0.244. The maximum Gasteiger partial charge on any atom is 0.305 e. The average molecular weight is 413 g/mol. The lowest BCUT2D eigenvalue weighted by Crippen LogP contribution is -2.09. The molecule has 0 aliphatic carbocycles. The molecule has 4 heterocycles. The van der Waals surface area contributed by atoms with E-state index in [4.69, 9.17) is 4.74 Å². The number of hydrogen-bond acceptors (Lipinski definition) is 8. The number of aryl methyl sites for hydroxylation is 1. The van der Waals surface area contributed by atoms with Crippen LogP contribution < -0.4 is 10.1 Å². The van der Waals surface area contributed by atoms with E-state index < -0.39 is 0 Å². The summed E-state index contributed by atoms with van der Waals surface area (Å²) in [6.45, 7) is 0.834.